The zero-order valence-corrected chi connectivity index (χ0v) is 20.0. The minimum Gasteiger partial charge on any atom is -0.356 e. The van der Waals surface area contributed by atoms with E-state index in [0.29, 0.717) is 19.0 Å². The first-order chi connectivity index (χ1) is 14.0. The van der Waals surface area contributed by atoms with E-state index in [0.717, 1.165) is 30.0 Å². The average molecular weight is 545 g/mol. The quantitative estimate of drug-likeness (QED) is 0.206. The summed E-state index contributed by atoms with van der Waals surface area (Å²) in [4.78, 5) is 16.2. The Morgan fingerprint density at radius 2 is 1.80 bits per heavy atom. The van der Waals surface area contributed by atoms with Crippen LogP contribution in [-0.2, 0) is 16.6 Å². The Balaban J connectivity index is 0.00000320. The van der Waals surface area contributed by atoms with Crippen LogP contribution in [0.3, 0.4) is 0 Å². The molecule has 0 atom stereocenters. The van der Waals surface area contributed by atoms with Crippen LogP contribution in [0.4, 0.5) is 4.39 Å². The van der Waals surface area contributed by atoms with Gasteiger partial charge in [0.2, 0.25) is 5.91 Å². The van der Waals surface area contributed by atoms with Crippen LogP contribution in [0.15, 0.2) is 53.5 Å². The summed E-state index contributed by atoms with van der Waals surface area (Å²) < 4.78 is 12.9. The number of nitrogens with zero attached hydrogens (tertiary/aromatic N) is 1. The van der Waals surface area contributed by atoms with Crippen LogP contribution in [-0.4, -0.2) is 38.5 Å². The van der Waals surface area contributed by atoms with Gasteiger partial charge in [0.25, 0.3) is 0 Å². The Labute approximate surface area is 198 Å². The van der Waals surface area contributed by atoms with Gasteiger partial charge < -0.3 is 16.0 Å². The molecule has 2 aromatic carbocycles. The summed E-state index contributed by atoms with van der Waals surface area (Å²) in [5, 5.41) is 10.2. The Hall–Kier alpha value is -1.87. The lowest BCUT2D eigenvalue weighted by Crippen LogP contribution is -2.44. The predicted molar refractivity (Wildman–Crippen MR) is 130 cm³/mol. The molecule has 0 heterocycles. The van der Waals surface area contributed by atoms with Gasteiger partial charge in [0.1, 0.15) is 5.82 Å². The average Bonchev–Trinajstić information content (AvgIpc) is 3.50. The zero-order chi connectivity index (χ0) is 20.7. The number of aliphatic imine (C=N–C) groups is 1. The summed E-state index contributed by atoms with van der Waals surface area (Å²) in [6, 6.07) is 14.0. The molecule has 1 fully saturated rings. The van der Waals surface area contributed by atoms with E-state index in [-0.39, 0.29) is 47.5 Å². The van der Waals surface area contributed by atoms with E-state index in [9.17, 15) is 9.18 Å². The van der Waals surface area contributed by atoms with Crippen molar-refractivity contribution < 1.29 is 9.18 Å². The molecule has 2 aromatic rings. The Kier molecular flexibility index (Phi) is 9.36. The zero-order valence-electron chi connectivity index (χ0n) is 16.9. The molecule has 8 heteroatoms. The van der Waals surface area contributed by atoms with Crippen LogP contribution in [0.25, 0.3) is 0 Å². The fourth-order valence-corrected chi connectivity index (χ4v) is 3.43. The maximum Gasteiger partial charge on any atom is 0.224 e. The molecule has 0 aromatic heterocycles. The lowest BCUT2D eigenvalue weighted by atomic mass is 9.96. The summed E-state index contributed by atoms with van der Waals surface area (Å²) in [5.41, 5.74) is 2.15. The van der Waals surface area contributed by atoms with E-state index < -0.39 is 0 Å². The van der Waals surface area contributed by atoms with Crippen molar-refractivity contribution in [3.05, 3.63) is 70.5 Å². The normalized spacial score (nSPS) is 14.4. The number of amides is 1. The SMILES string of the molecule is CN=C(NCCNC(=O)Cc1ccc(F)cc1)NCC1(c2cccc(Cl)c2)CC1.I. The third kappa shape index (κ3) is 7.12. The predicted octanol–water partition coefficient (Wildman–Crippen LogP) is 3.65. The molecular formula is C22H27ClFIN4O. The van der Waals surface area contributed by atoms with Crippen LogP contribution >= 0.6 is 35.6 Å². The van der Waals surface area contributed by atoms with Gasteiger partial charge in [-0.3, -0.25) is 9.79 Å². The number of hydrogen-bond acceptors (Lipinski definition) is 2. The highest BCUT2D eigenvalue weighted by molar-refractivity contribution is 14.0. The first kappa shape index (κ1) is 24.4. The fourth-order valence-electron chi connectivity index (χ4n) is 3.24. The van der Waals surface area contributed by atoms with Crippen molar-refractivity contribution in [2.45, 2.75) is 24.7 Å². The number of rotatable bonds is 8. The van der Waals surface area contributed by atoms with Gasteiger partial charge in [0, 0.05) is 37.1 Å². The number of benzene rings is 2. The molecule has 30 heavy (non-hydrogen) atoms. The van der Waals surface area contributed by atoms with Crippen molar-refractivity contribution in [1.82, 2.24) is 16.0 Å². The summed E-state index contributed by atoms with van der Waals surface area (Å²) in [6.45, 7) is 1.81. The molecule has 0 saturated heterocycles. The van der Waals surface area contributed by atoms with E-state index in [1.165, 1.54) is 17.7 Å². The number of halogens is 3. The molecule has 5 nitrogen and oxygen atoms in total. The van der Waals surface area contributed by atoms with Gasteiger partial charge >= 0.3 is 0 Å². The Morgan fingerprint density at radius 1 is 1.10 bits per heavy atom. The minimum absolute atomic E-state index is 0. The van der Waals surface area contributed by atoms with Gasteiger partial charge in [-0.25, -0.2) is 4.39 Å². The smallest absolute Gasteiger partial charge is 0.224 e. The number of guanidine groups is 1. The van der Waals surface area contributed by atoms with Crippen LogP contribution in [0.1, 0.15) is 24.0 Å². The van der Waals surface area contributed by atoms with Gasteiger partial charge in [0.05, 0.1) is 6.42 Å². The number of hydrogen-bond donors (Lipinski definition) is 3. The molecule has 3 N–H and O–H groups in total. The first-order valence-electron chi connectivity index (χ1n) is 9.72. The molecule has 0 radical (unpaired) electrons. The van der Waals surface area contributed by atoms with Crippen molar-refractivity contribution in [2.75, 3.05) is 26.7 Å². The van der Waals surface area contributed by atoms with Crippen LogP contribution < -0.4 is 16.0 Å². The summed E-state index contributed by atoms with van der Waals surface area (Å²) in [5.74, 6) is 0.297. The number of nitrogens with one attached hydrogen (secondary N) is 3. The minimum atomic E-state index is -0.305. The monoisotopic (exact) mass is 544 g/mol. The van der Waals surface area contributed by atoms with Gasteiger partial charge in [-0.05, 0) is 48.2 Å². The van der Waals surface area contributed by atoms with E-state index in [1.54, 1.807) is 19.2 Å². The third-order valence-electron chi connectivity index (χ3n) is 5.13. The van der Waals surface area contributed by atoms with Gasteiger partial charge in [0.15, 0.2) is 5.96 Å². The lowest BCUT2D eigenvalue weighted by Gasteiger charge is -2.19. The fraction of sp³-hybridized carbons (Fsp3) is 0.364. The molecule has 1 aliphatic carbocycles. The lowest BCUT2D eigenvalue weighted by molar-refractivity contribution is -0.120. The van der Waals surface area contributed by atoms with Gasteiger partial charge in [-0.15, -0.1) is 24.0 Å². The second-order valence-electron chi connectivity index (χ2n) is 7.30. The second-order valence-corrected chi connectivity index (χ2v) is 7.73. The van der Waals surface area contributed by atoms with Crippen molar-refractivity contribution in [2.24, 2.45) is 4.99 Å². The maximum absolute atomic E-state index is 12.9. The number of carbonyl (C=O) groups is 1. The number of carbonyl (C=O) groups excluding carboxylic acids is 1. The first-order valence-corrected chi connectivity index (χ1v) is 10.1. The molecule has 1 saturated carbocycles. The van der Waals surface area contributed by atoms with Gasteiger partial charge in [-0.1, -0.05) is 35.9 Å². The highest BCUT2D eigenvalue weighted by Crippen LogP contribution is 2.48. The Bertz CT molecular complexity index is 872. The van der Waals surface area contributed by atoms with Crippen LogP contribution in [0.2, 0.25) is 5.02 Å². The van der Waals surface area contributed by atoms with Crippen LogP contribution in [0, 0.1) is 5.82 Å². The summed E-state index contributed by atoms with van der Waals surface area (Å²) >= 11 is 6.13. The van der Waals surface area contributed by atoms with E-state index in [2.05, 4.69) is 27.0 Å². The molecule has 1 aliphatic rings. The van der Waals surface area contributed by atoms with Crippen molar-refractivity contribution in [3.63, 3.8) is 0 Å². The second kappa shape index (κ2) is 11.5. The molecular weight excluding hydrogens is 518 g/mol. The molecule has 0 spiro atoms. The van der Waals surface area contributed by atoms with Crippen LogP contribution in [0.5, 0.6) is 0 Å². The van der Waals surface area contributed by atoms with E-state index in [4.69, 9.17) is 11.6 Å². The molecule has 1 amide bonds. The van der Waals surface area contributed by atoms with Crippen molar-refractivity contribution in [1.29, 1.82) is 0 Å². The highest BCUT2D eigenvalue weighted by atomic mass is 127. The van der Waals surface area contributed by atoms with E-state index >= 15 is 0 Å². The molecule has 0 aliphatic heterocycles. The molecule has 162 valence electrons. The highest BCUT2D eigenvalue weighted by Gasteiger charge is 2.44. The standard InChI is InChI=1S/C22H26ClFN4O.HI/c1-25-21(28-15-22(9-10-22)17-3-2-4-18(23)14-17)27-12-11-26-20(29)13-16-5-7-19(24)8-6-16;/h2-8,14H,9-13,15H2,1H3,(H,26,29)(H2,25,27,28);1H. The topological polar surface area (TPSA) is 65.5 Å². The van der Waals surface area contributed by atoms with Crippen molar-refractivity contribution >= 4 is 47.4 Å². The summed E-state index contributed by atoms with van der Waals surface area (Å²) in [6.07, 6.45) is 2.48. The van der Waals surface area contributed by atoms with E-state index in [1.807, 2.05) is 18.2 Å². The van der Waals surface area contributed by atoms with Gasteiger partial charge in [-0.2, -0.15) is 0 Å². The Morgan fingerprint density at radius 3 is 2.43 bits per heavy atom. The largest absolute Gasteiger partial charge is 0.356 e. The van der Waals surface area contributed by atoms with Crippen molar-refractivity contribution in [3.8, 4) is 0 Å². The molecule has 0 bridgehead atoms. The molecule has 3 rings (SSSR count). The maximum atomic E-state index is 12.9. The molecule has 0 unspecified atom stereocenters. The summed E-state index contributed by atoms with van der Waals surface area (Å²) in [7, 11) is 1.72. The third-order valence-corrected chi connectivity index (χ3v) is 5.36.